The quantitative estimate of drug-likeness (QED) is 0.0549. The smallest absolute Gasteiger partial charge is 0.316 e. The molecule has 14 rings (SSSR count). The predicted molar refractivity (Wildman–Crippen MR) is 383 cm³/mol. The summed E-state index contributed by atoms with van der Waals surface area (Å²) in [7, 11) is 3.21. The highest BCUT2D eigenvalue weighted by atomic mass is 16.5. The van der Waals surface area contributed by atoms with Crippen molar-refractivity contribution in [2.45, 2.75) is 125 Å². The van der Waals surface area contributed by atoms with Crippen LogP contribution in [-0.4, -0.2) is 85.5 Å². The Morgan fingerprint density at radius 3 is 1.33 bits per heavy atom. The van der Waals surface area contributed by atoms with Crippen LogP contribution in [0.1, 0.15) is 153 Å². The third-order valence-corrected chi connectivity index (χ3v) is 17.8. The first-order chi connectivity index (χ1) is 46.1. The highest BCUT2D eigenvalue weighted by Crippen LogP contribution is 2.33. The number of nitrogens with zero attached hydrogens (tertiary/aromatic N) is 8. The Hall–Kier alpha value is -10.7. The molecular weight excluding hydrogens is 1180 g/mol. The first kappa shape index (κ1) is 65.7. The summed E-state index contributed by atoms with van der Waals surface area (Å²) < 4.78 is 15.8. The lowest BCUT2D eigenvalue weighted by atomic mass is 9.99. The molecule has 95 heavy (non-hydrogen) atoms. The van der Waals surface area contributed by atoms with E-state index in [-0.39, 0.29) is 25.1 Å². The molecule has 0 radical (unpaired) electrons. The van der Waals surface area contributed by atoms with Gasteiger partial charge in [-0.2, -0.15) is 0 Å². The molecule has 0 amide bonds. The fourth-order valence-electron chi connectivity index (χ4n) is 12.6. The van der Waals surface area contributed by atoms with Gasteiger partial charge in [0.05, 0.1) is 37.0 Å². The van der Waals surface area contributed by atoms with E-state index < -0.39 is 0 Å². The van der Waals surface area contributed by atoms with E-state index in [1.54, 1.807) is 49.8 Å². The zero-order valence-electron chi connectivity index (χ0n) is 54.1. The van der Waals surface area contributed by atoms with Gasteiger partial charge in [0.2, 0.25) is 17.7 Å². The van der Waals surface area contributed by atoms with Gasteiger partial charge in [-0.25, -0.2) is 19.9 Å². The number of pyridine rings is 3. The highest BCUT2D eigenvalue weighted by molar-refractivity contribution is 5.97. The van der Waals surface area contributed by atoms with E-state index in [1.165, 1.54) is 33.2 Å². The van der Waals surface area contributed by atoms with Crippen molar-refractivity contribution in [3.8, 4) is 34.0 Å². The topological polar surface area (TPSA) is 196 Å². The van der Waals surface area contributed by atoms with Gasteiger partial charge in [-0.3, -0.25) is 33.1 Å². The lowest BCUT2D eigenvalue weighted by Gasteiger charge is -2.07. The molecule has 0 spiro atoms. The highest BCUT2D eigenvalue weighted by Gasteiger charge is 2.18. The third-order valence-electron chi connectivity index (χ3n) is 17.8. The number of benzene rings is 4. The summed E-state index contributed by atoms with van der Waals surface area (Å²) in [5, 5.41) is 6.72. The number of hydrogen-bond donors (Lipinski definition) is 3. The molecule has 0 aliphatic carbocycles. The largest absolute Gasteiger partial charge is 0.495 e. The van der Waals surface area contributed by atoms with Crippen molar-refractivity contribution in [1.82, 2.24) is 53.6 Å². The number of methoxy groups -OCH3 is 2. The summed E-state index contributed by atoms with van der Waals surface area (Å²) in [5.74, 6) is 1.25. The SMILES string of the molecule is C.CCCCCC(=O)n1ccc2c(Cc3c[nH]c4ccc(-c5cnc(OC)nc5)cc34)cccc21.CCCCCC(=O)n1ccc2c(Cc3c[nH]c4ncc(-c5ccncc5)cc34)cccc21.CCCCCC(=O)n1ccc2c(Cc3c[nH]c4ncc(OC)cc34)cccc21. The normalized spacial score (nSPS) is 11.3. The summed E-state index contributed by atoms with van der Waals surface area (Å²) >= 11 is 0. The lowest BCUT2D eigenvalue weighted by Crippen LogP contribution is -2.08. The van der Waals surface area contributed by atoms with Crippen LogP contribution in [0, 0.1) is 0 Å². The molecule has 0 aliphatic heterocycles. The molecule has 10 heterocycles. The molecule has 16 heteroatoms. The Morgan fingerprint density at radius 2 is 0.853 bits per heavy atom. The van der Waals surface area contributed by atoms with Gasteiger partial charge in [0.15, 0.2) is 0 Å². The Balaban J connectivity index is 0.000000145. The monoisotopic (exact) mass is 1270 g/mol. The number of hydrogen-bond acceptors (Lipinski definition) is 10. The van der Waals surface area contributed by atoms with Crippen LogP contribution in [-0.2, 0) is 19.3 Å². The van der Waals surface area contributed by atoms with Gasteiger partial charge in [-0.1, -0.05) is 109 Å². The van der Waals surface area contributed by atoms with E-state index in [1.807, 2.05) is 101 Å². The van der Waals surface area contributed by atoms with Gasteiger partial charge >= 0.3 is 6.01 Å². The number of aromatic nitrogens is 11. The molecule has 0 saturated carbocycles. The first-order valence-corrected chi connectivity index (χ1v) is 32.8. The van der Waals surface area contributed by atoms with Crippen LogP contribution < -0.4 is 9.47 Å². The van der Waals surface area contributed by atoms with Crippen LogP contribution in [0.2, 0.25) is 0 Å². The molecule has 0 bridgehead atoms. The zero-order chi connectivity index (χ0) is 64.9. The van der Waals surface area contributed by atoms with Crippen molar-refractivity contribution in [2.24, 2.45) is 0 Å². The Bertz CT molecular complexity index is 4930. The summed E-state index contributed by atoms with van der Waals surface area (Å²) in [6, 6.07) is 39.7. The molecule has 0 atom stereocenters. The lowest BCUT2D eigenvalue weighted by molar-refractivity contribution is 0.0896. The number of H-pyrrole nitrogens is 3. The number of rotatable bonds is 22. The molecular formula is C79H83N11O5. The Labute approximate surface area is 553 Å². The summed E-state index contributed by atoms with van der Waals surface area (Å²) in [4.78, 5) is 69.6. The second-order valence-electron chi connectivity index (χ2n) is 24.0. The van der Waals surface area contributed by atoms with Gasteiger partial charge in [0.25, 0.3) is 0 Å². The molecule has 10 aromatic heterocycles. The Kier molecular flexibility index (Phi) is 21.3. The van der Waals surface area contributed by atoms with E-state index >= 15 is 0 Å². The van der Waals surface area contributed by atoms with E-state index in [0.717, 1.165) is 171 Å². The van der Waals surface area contributed by atoms with E-state index in [9.17, 15) is 14.4 Å². The van der Waals surface area contributed by atoms with Gasteiger partial charge < -0.3 is 24.4 Å². The van der Waals surface area contributed by atoms with Crippen LogP contribution in [0.3, 0.4) is 0 Å². The van der Waals surface area contributed by atoms with Crippen molar-refractivity contribution in [2.75, 3.05) is 14.2 Å². The molecule has 0 aliphatic rings. The number of nitrogens with one attached hydrogen (secondary N) is 3. The van der Waals surface area contributed by atoms with Crippen molar-refractivity contribution < 1.29 is 23.9 Å². The minimum Gasteiger partial charge on any atom is -0.495 e. The van der Waals surface area contributed by atoms with Crippen LogP contribution in [0.4, 0.5) is 0 Å². The number of fused-ring (bicyclic) bond motifs is 6. The fraction of sp³-hybridized carbons (Fsp3) is 0.266. The number of carbonyl (C=O) groups is 3. The molecule has 3 N–H and O–H groups in total. The fourth-order valence-corrected chi connectivity index (χ4v) is 12.6. The summed E-state index contributed by atoms with van der Waals surface area (Å²) in [6.45, 7) is 6.46. The molecule has 4 aromatic carbocycles. The van der Waals surface area contributed by atoms with Gasteiger partial charge in [-0.15, -0.1) is 0 Å². The first-order valence-electron chi connectivity index (χ1n) is 32.8. The molecule has 0 saturated heterocycles. The number of unbranched alkanes of at least 4 members (excludes halogenated alkanes) is 6. The van der Waals surface area contributed by atoms with E-state index in [0.29, 0.717) is 25.3 Å². The molecule has 484 valence electrons. The molecule has 0 unspecified atom stereocenters. The van der Waals surface area contributed by atoms with Crippen LogP contribution in [0.25, 0.3) is 87.9 Å². The molecule has 14 aromatic rings. The predicted octanol–water partition coefficient (Wildman–Crippen LogP) is 18.8. The summed E-state index contributed by atoms with van der Waals surface area (Å²) in [6.07, 6.45) is 36.1. The van der Waals surface area contributed by atoms with Crippen molar-refractivity contribution in [3.63, 3.8) is 0 Å². The van der Waals surface area contributed by atoms with Crippen LogP contribution >= 0.6 is 0 Å². The van der Waals surface area contributed by atoms with E-state index in [4.69, 9.17) is 9.47 Å². The average molecular weight is 1270 g/mol. The molecule has 16 nitrogen and oxygen atoms in total. The van der Waals surface area contributed by atoms with Gasteiger partial charge in [0.1, 0.15) is 17.0 Å². The minimum absolute atomic E-state index is 0. The van der Waals surface area contributed by atoms with Crippen molar-refractivity contribution >= 4 is 83.4 Å². The van der Waals surface area contributed by atoms with Crippen LogP contribution in [0.5, 0.6) is 11.8 Å². The maximum absolute atomic E-state index is 12.8. The van der Waals surface area contributed by atoms with Gasteiger partial charge in [0, 0.05) is 156 Å². The summed E-state index contributed by atoms with van der Waals surface area (Å²) in [5.41, 5.74) is 17.1. The minimum atomic E-state index is 0. The van der Waals surface area contributed by atoms with Crippen molar-refractivity contribution in [3.05, 3.63) is 223 Å². The standard InChI is InChI=1S/C28H28N4O2.C27H26N4O.C23H25N3O2.CH4/c1-3-4-5-9-27(33)32-13-12-23-20(7-6-8-26(23)32)14-21-16-29-25-11-10-19(15-24(21)25)22-17-30-28(34-2)31-18-22;1-2-3-4-8-26(32)31-14-11-23-20(6-5-7-25(23)31)15-22-18-30-27-24(22)16-21(17-29-27)19-9-12-28-13-10-19;1-3-4-5-9-22(27)26-11-10-19-16(7-6-8-21(19)26)12-17-14-24-23-20(17)13-18(28-2)15-25-23;/h6-8,10-13,15-18,29H,3-5,9,14H2,1-2H3;5-7,9-14,16-18H,2-4,8,15H2,1H3,(H,29,30);6-8,10-11,13-15H,3-5,9,12H2,1-2H3,(H,24,25);1H4. The zero-order valence-corrected chi connectivity index (χ0v) is 54.1. The third kappa shape index (κ3) is 14.7. The number of carbonyl (C=O) groups excluding carboxylic acids is 3. The maximum atomic E-state index is 12.8. The second-order valence-corrected chi connectivity index (χ2v) is 24.0. The number of ether oxygens (including phenoxy) is 2. The van der Waals surface area contributed by atoms with E-state index in [2.05, 4.69) is 128 Å². The second kappa shape index (κ2) is 30.8. The maximum Gasteiger partial charge on any atom is 0.316 e. The van der Waals surface area contributed by atoms with Gasteiger partial charge in [-0.05, 0) is 137 Å². The molecule has 0 fully saturated rings. The average Bonchev–Trinajstić information content (AvgIpc) is 1.69. The van der Waals surface area contributed by atoms with Crippen molar-refractivity contribution in [1.29, 1.82) is 0 Å². The number of aromatic amines is 3. The van der Waals surface area contributed by atoms with Crippen LogP contribution in [0.15, 0.2) is 190 Å². The Morgan fingerprint density at radius 1 is 0.411 bits per heavy atom.